The van der Waals surface area contributed by atoms with Gasteiger partial charge in [0.1, 0.15) is 0 Å². The van der Waals surface area contributed by atoms with E-state index in [1.807, 2.05) is 24.3 Å². The Morgan fingerprint density at radius 1 is 0.688 bits per heavy atom. The van der Waals surface area contributed by atoms with Crippen LogP contribution in [0.1, 0.15) is 0 Å². The summed E-state index contributed by atoms with van der Waals surface area (Å²) in [4.78, 5) is 0. The quantitative estimate of drug-likeness (QED) is 0.490. The van der Waals surface area contributed by atoms with Crippen molar-refractivity contribution in [2.45, 2.75) is 0 Å². The SMILES string of the molecule is Fc1ccc2ccc3ccccc3c2c1F. The monoisotopic (exact) mass is 214 g/mol. The van der Waals surface area contributed by atoms with Crippen LogP contribution in [0, 0.1) is 11.6 Å². The van der Waals surface area contributed by atoms with Gasteiger partial charge in [-0.05, 0) is 22.2 Å². The van der Waals surface area contributed by atoms with Gasteiger partial charge in [0, 0.05) is 5.39 Å². The summed E-state index contributed by atoms with van der Waals surface area (Å²) in [6, 6.07) is 13.9. The van der Waals surface area contributed by atoms with Crippen LogP contribution in [0.3, 0.4) is 0 Å². The molecule has 0 amide bonds. The summed E-state index contributed by atoms with van der Waals surface area (Å²) in [6.45, 7) is 0. The fourth-order valence-electron chi connectivity index (χ4n) is 2.03. The van der Waals surface area contributed by atoms with Crippen LogP contribution < -0.4 is 0 Å². The van der Waals surface area contributed by atoms with Gasteiger partial charge in [-0.15, -0.1) is 0 Å². The Hall–Kier alpha value is -1.96. The van der Waals surface area contributed by atoms with Gasteiger partial charge in [-0.3, -0.25) is 0 Å². The predicted molar refractivity (Wildman–Crippen MR) is 61.4 cm³/mol. The molecule has 0 spiro atoms. The van der Waals surface area contributed by atoms with E-state index >= 15 is 0 Å². The number of rotatable bonds is 0. The van der Waals surface area contributed by atoms with Crippen LogP contribution in [0.5, 0.6) is 0 Å². The van der Waals surface area contributed by atoms with Gasteiger partial charge in [0.15, 0.2) is 11.6 Å². The summed E-state index contributed by atoms with van der Waals surface area (Å²) in [6.07, 6.45) is 0. The topological polar surface area (TPSA) is 0 Å². The van der Waals surface area contributed by atoms with Crippen LogP contribution >= 0.6 is 0 Å². The highest BCUT2D eigenvalue weighted by Crippen LogP contribution is 2.28. The van der Waals surface area contributed by atoms with Crippen LogP contribution in [0.15, 0.2) is 48.5 Å². The van der Waals surface area contributed by atoms with Gasteiger partial charge in [0.25, 0.3) is 0 Å². The Balaban J connectivity index is 2.63. The molecule has 16 heavy (non-hydrogen) atoms. The number of hydrogen-bond donors (Lipinski definition) is 0. The first-order chi connectivity index (χ1) is 7.77. The summed E-state index contributed by atoms with van der Waals surface area (Å²) >= 11 is 0. The van der Waals surface area contributed by atoms with E-state index in [1.165, 1.54) is 0 Å². The molecule has 0 fully saturated rings. The minimum Gasteiger partial charge on any atom is -0.204 e. The van der Waals surface area contributed by atoms with Gasteiger partial charge in [-0.1, -0.05) is 42.5 Å². The van der Waals surface area contributed by atoms with Crippen molar-refractivity contribution in [2.24, 2.45) is 0 Å². The molecule has 3 rings (SSSR count). The minimum atomic E-state index is -0.802. The summed E-state index contributed by atoms with van der Waals surface area (Å²) in [5.41, 5.74) is 0. The van der Waals surface area contributed by atoms with Gasteiger partial charge >= 0.3 is 0 Å². The molecule has 0 radical (unpaired) electrons. The zero-order valence-corrected chi connectivity index (χ0v) is 8.37. The molecule has 0 nitrogen and oxygen atoms in total. The lowest BCUT2D eigenvalue weighted by atomic mass is 10.0. The molecule has 0 saturated heterocycles. The molecule has 3 aromatic rings. The van der Waals surface area contributed by atoms with E-state index in [0.717, 1.165) is 22.2 Å². The average molecular weight is 214 g/mol. The number of halogens is 2. The van der Waals surface area contributed by atoms with Gasteiger partial charge in [0.2, 0.25) is 0 Å². The third-order valence-corrected chi connectivity index (χ3v) is 2.80. The van der Waals surface area contributed by atoms with Crippen molar-refractivity contribution in [3.8, 4) is 0 Å². The smallest absolute Gasteiger partial charge is 0.167 e. The maximum Gasteiger partial charge on any atom is 0.167 e. The molecule has 0 aliphatic heterocycles. The Bertz CT molecular complexity index is 687. The summed E-state index contributed by atoms with van der Waals surface area (Å²) in [5.74, 6) is -1.57. The normalized spacial score (nSPS) is 11.1. The molecule has 0 atom stereocenters. The van der Waals surface area contributed by atoms with Crippen LogP contribution in [0.2, 0.25) is 0 Å². The molecule has 0 N–H and O–H groups in total. The number of hydrogen-bond acceptors (Lipinski definition) is 0. The fourth-order valence-corrected chi connectivity index (χ4v) is 2.03. The van der Waals surface area contributed by atoms with Crippen molar-refractivity contribution in [1.29, 1.82) is 0 Å². The fraction of sp³-hybridized carbons (Fsp3) is 0. The van der Waals surface area contributed by atoms with Crippen molar-refractivity contribution >= 4 is 21.5 Å². The Labute approximate surface area is 91.1 Å². The highest BCUT2D eigenvalue weighted by Gasteiger charge is 2.09. The molecule has 0 unspecified atom stereocenters. The lowest BCUT2D eigenvalue weighted by Gasteiger charge is -2.05. The summed E-state index contributed by atoms with van der Waals surface area (Å²) in [7, 11) is 0. The zero-order valence-electron chi connectivity index (χ0n) is 8.37. The van der Waals surface area contributed by atoms with Crippen LogP contribution in [-0.2, 0) is 0 Å². The molecule has 0 aromatic heterocycles. The third-order valence-electron chi connectivity index (χ3n) is 2.80. The Kier molecular flexibility index (Phi) is 1.90. The summed E-state index contributed by atoms with van der Waals surface area (Å²) < 4.78 is 27.0. The zero-order chi connectivity index (χ0) is 11.1. The highest BCUT2D eigenvalue weighted by molar-refractivity contribution is 6.07. The van der Waals surface area contributed by atoms with Gasteiger partial charge in [-0.2, -0.15) is 0 Å². The first-order valence-corrected chi connectivity index (χ1v) is 5.03. The summed E-state index contributed by atoms with van der Waals surface area (Å²) in [5, 5.41) is 2.74. The second-order valence-electron chi connectivity index (χ2n) is 3.75. The molecule has 0 aliphatic carbocycles. The van der Waals surface area contributed by atoms with Crippen molar-refractivity contribution in [2.75, 3.05) is 0 Å². The lowest BCUT2D eigenvalue weighted by molar-refractivity contribution is 0.517. The van der Waals surface area contributed by atoms with E-state index in [-0.39, 0.29) is 0 Å². The van der Waals surface area contributed by atoms with Crippen LogP contribution in [0.4, 0.5) is 8.78 Å². The minimum absolute atomic E-state index is 0.359. The first-order valence-electron chi connectivity index (χ1n) is 5.03. The van der Waals surface area contributed by atoms with Gasteiger partial charge in [0.05, 0.1) is 0 Å². The molecular weight excluding hydrogens is 206 g/mol. The van der Waals surface area contributed by atoms with E-state index in [9.17, 15) is 8.78 Å². The van der Waals surface area contributed by atoms with E-state index in [0.29, 0.717) is 5.39 Å². The van der Waals surface area contributed by atoms with Gasteiger partial charge < -0.3 is 0 Å². The van der Waals surface area contributed by atoms with E-state index < -0.39 is 11.6 Å². The maximum absolute atomic E-state index is 13.8. The van der Waals surface area contributed by atoms with E-state index in [4.69, 9.17) is 0 Å². The third kappa shape index (κ3) is 1.20. The average Bonchev–Trinajstić information content (AvgIpc) is 2.33. The first kappa shape index (κ1) is 9.28. The van der Waals surface area contributed by atoms with Crippen LogP contribution in [0.25, 0.3) is 21.5 Å². The van der Waals surface area contributed by atoms with Crippen molar-refractivity contribution in [1.82, 2.24) is 0 Å². The van der Waals surface area contributed by atoms with Crippen molar-refractivity contribution in [3.63, 3.8) is 0 Å². The second kappa shape index (κ2) is 3.27. The molecule has 0 saturated carbocycles. The molecule has 0 bridgehead atoms. The van der Waals surface area contributed by atoms with E-state index in [2.05, 4.69) is 0 Å². The van der Waals surface area contributed by atoms with Gasteiger partial charge in [-0.25, -0.2) is 8.78 Å². The Morgan fingerprint density at radius 3 is 2.25 bits per heavy atom. The molecule has 78 valence electrons. The van der Waals surface area contributed by atoms with Crippen LogP contribution in [-0.4, -0.2) is 0 Å². The predicted octanol–water partition coefficient (Wildman–Crippen LogP) is 4.27. The number of fused-ring (bicyclic) bond motifs is 3. The molecular formula is C14H8F2. The lowest BCUT2D eigenvalue weighted by Crippen LogP contribution is -1.87. The second-order valence-corrected chi connectivity index (χ2v) is 3.75. The molecule has 2 heteroatoms. The highest BCUT2D eigenvalue weighted by atomic mass is 19.2. The number of benzene rings is 3. The van der Waals surface area contributed by atoms with Crippen molar-refractivity contribution < 1.29 is 8.78 Å². The molecule has 0 heterocycles. The van der Waals surface area contributed by atoms with E-state index in [1.54, 1.807) is 18.2 Å². The Morgan fingerprint density at radius 2 is 1.38 bits per heavy atom. The molecule has 0 aliphatic rings. The largest absolute Gasteiger partial charge is 0.204 e. The molecule has 3 aromatic carbocycles. The standard InChI is InChI=1S/C14H8F2/c15-12-8-7-10-6-5-9-3-1-2-4-11(9)13(10)14(12)16/h1-8H. The van der Waals surface area contributed by atoms with Crippen molar-refractivity contribution in [3.05, 3.63) is 60.2 Å². The maximum atomic E-state index is 13.8.